The average molecular weight is 764 g/mol. The Hall–Kier alpha value is -5.22. The fraction of sp³-hybridized carbons (Fsp3) is 0.622. The highest BCUT2D eigenvalue weighted by atomic mass is 16.6. The van der Waals surface area contributed by atoms with Gasteiger partial charge in [-0.05, 0) is 63.9 Å². The largest absolute Gasteiger partial charge is 0.481 e. The van der Waals surface area contributed by atoms with Gasteiger partial charge in [-0.25, -0.2) is 9.59 Å². The van der Waals surface area contributed by atoms with Crippen LogP contribution >= 0.6 is 0 Å². The normalized spacial score (nSPS) is 14.0. The number of amides is 5. The molecule has 0 aliphatic rings. The quantitative estimate of drug-likeness (QED) is 0.0838. The molecule has 5 amide bonds. The molecule has 17 heteroatoms. The van der Waals surface area contributed by atoms with E-state index in [0.29, 0.717) is 5.56 Å². The van der Waals surface area contributed by atoms with Crippen molar-refractivity contribution >= 4 is 47.6 Å². The Labute approximate surface area is 316 Å². The Balaban J connectivity index is 3.37. The zero-order chi connectivity index (χ0) is 41.2. The predicted molar refractivity (Wildman–Crippen MR) is 196 cm³/mol. The summed E-state index contributed by atoms with van der Waals surface area (Å²) in [5, 5.41) is 31.3. The number of carbonyl (C=O) groups excluding carboxylic acids is 6. The van der Waals surface area contributed by atoms with Crippen LogP contribution in [-0.2, 0) is 49.5 Å². The molecular weight excluding hydrogens is 706 g/mol. The Morgan fingerprint density at radius 1 is 0.611 bits per heavy atom. The predicted octanol–water partition coefficient (Wildman–Crippen LogP) is 2.06. The second kappa shape index (κ2) is 22.8. The molecule has 0 aliphatic heterocycles. The van der Waals surface area contributed by atoms with Gasteiger partial charge in [0.1, 0.15) is 35.8 Å². The van der Waals surface area contributed by atoms with Gasteiger partial charge in [0.25, 0.3) is 0 Å². The van der Waals surface area contributed by atoms with Gasteiger partial charge in [-0.15, -0.1) is 0 Å². The van der Waals surface area contributed by atoms with Crippen molar-refractivity contribution < 1.29 is 58.0 Å². The van der Waals surface area contributed by atoms with Gasteiger partial charge >= 0.3 is 24.0 Å². The van der Waals surface area contributed by atoms with Crippen molar-refractivity contribution in [2.75, 3.05) is 7.11 Å². The molecule has 0 radical (unpaired) electrons. The van der Waals surface area contributed by atoms with Gasteiger partial charge in [0, 0.05) is 19.3 Å². The van der Waals surface area contributed by atoms with Gasteiger partial charge in [-0.1, -0.05) is 58.0 Å². The number of methoxy groups -OCH3 is 1. The van der Waals surface area contributed by atoms with Crippen molar-refractivity contribution in [3.05, 3.63) is 35.9 Å². The molecule has 0 heterocycles. The third kappa shape index (κ3) is 19.0. The first kappa shape index (κ1) is 46.8. The van der Waals surface area contributed by atoms with Crippen LogP contribution in [0.1, 0.15) is 92.6 Å². The number of ether oxygens (including phenoxy) is 2. The van der Waals surface area contributed by atoms with Gasteiger partial charge < -0.3 is 46.3 Å². The maximum Gasteiger partial charge on any atom is 0.408 e. The topological polar surface area (TPSA) is 256 Å². The van der Waals surface area contributed by atoms with Gasteiger partial charge in [-0.2, -0.15) is 0 Å². The number of rotatable bonds is 22. The van der Waals surface area contributed by atoms with E-state index in [2.05, 4.69) is 26.6 Å². The maximum absolute atomic E-state index is 13.8. The first-order valence-corrected chi connectivity index (χ1v) is 17.9. The number of carboxylic acids is 2. The summed E-state index contributed by atoms with van der Waals surface area (Å²) in [6, 6.07) is 2.21. The van der Waals surface area contributed by atoms with Crippen molar-refractivity contribution in [1.82, 2.24) is 26.6 Å². The number of benzene rings is 1. The second-order valence-corrected chi connectivity index (χ2v) is 14.8. The molecule has 0 spiro atoms. The standard InChI is InChI=1S/C37H57N5O12/c1-21(2)18-26(40-34(50)27(20-23-12-10-9-11-13-23)42-36(52)54-37(5,6)7)33(49)39-24(14-16-29(43)44)31(47)38-25(15-17-30(45)46)32(48)41-28(19-22(3)4)35(51)53-8/h9-13,21-22,24-28H,14-20H2,1-8H3,(H,38,47)(H,39,49)(H,40,50)(H,41,48)(H,42,52)(H,43,44)(H,45,46)/t24-,25-,26+,27+,28+/m1/s1. The number of esters is 1. The molecular formula is C37H57N5O12. The highest BCUT2D eigenvalue weighted by Crippen LogP contribution is 2.13. The molecule has 0 saturated heterocycles. The Morgan fingerprint density at radius 3 is 1.44 bits per heavy atom. The summed E-state index contributed by atoms with van der Waals surface area (Å²) in [6.07, 6.45) is -2.54. The first-order valence-electron chi connectivity index (χ1n) is 17.9. The molecule has 302 valence electrons. The van der Waals surface area contributed by atoms with Crippen LogP contribution in [0.4, 0.5) is 4.79 Å². The van der Waals surface area contributed by atoms with Crippen molar-refractivity contribution in [3.63, 3.8) is 0 Å². The first-order chi connectivity index (χ1) is 25.1. The molecule has 17 nitrogen and oxygen atoms in total. The zero-order valence-corrected chi connectivity index (χ0v) is 32.4. The summed E-state index contributed by atoms with van der Waals surface area (Å²) < 4.78 is 10.1. The van der Waals surface area contributed by atoms with E-state index >= 15 is 0 Å². The molecule has 1 aromatic rings. The highest BCUT2D eigenvalue weighted by molar-refractivity contribution is 5.96. The number of nitrogens with one attached hydrogen (secondary N) is 5. The minimum atomic E-state index is -1.55. The summed E-state index contributed by atoms with van der Waals surface area (Å²) in [4.78, 5) is 102. The van der Waals surface area contributed by atoms with E-state index in [1.54, 1.807) is 78.8 Å². The van der Waals surface area contributed by atoms with Crippen LogP contribution in [0.25, 0.3) is 0 Å². The summed E-state index contributed by atoms with van der Waals surface area (Å²) >= 11 is 0. The Kier molecular flexibility index (Phi) is 19.7. The molecule has 1 rings (SSSR count). The minimum Gasteiger partial charge on any atom is -0.481 e. The molecule has 5 atom stereocenters. The maximum atomic E-state index is 13.8. The number of hydrogen-bond acceptors (Lipinski definition) is 10. The lowest BCUT2D eigenvalue weighted by atomic mass is 10.00. The van der Waals surface area contributed by atoms with Crippen LogP contribution < -0.4 is 26.6 Å². The molecule has 0 saturated carbocycles. The summed E-state index contributed by atoms with van der Waals surface area (Å²) in [5.41, 5.74) is -0.166. The van der Waals surface area contributed by atoms with Crippen molar-refractivity contribution in [3.8, 4) is 0 Å². The average Bonchev–Trinajstić information content (AvgIpc) is 3.05. The van der Waals surface area contributed by atoms with Crippen LogP contribution in [0.2, 0.25) is 0 Å². The fourth-order valence-corrected chi connectivity index (χ4v) is 5.20. The minimum absolute atomic E-state index is 0.0410. The molecule has 54 heavy (non-hydrogen) atoms. The second-order valence-electron chi connectivity index (χ2n) is 14.8. The van der Waals surface area contributed by atoms with Gasteiger partial charge in [0.05, 0.1) is 7.11 Å². The number of carbonyl (C=O) groups is 8. The Bertz CT molecular complexity index is 1440. The summed E-state index contributed by atoms with van der Waals surface area (Å²) in [5.74, 6) is -7.03. The van der Waals surface area contributed by atoms with Crippen molar-refractivity contribution in [1.29, 1.82) is 0 Å². The third-order valence-corrected chi connectivity index (χ3v) is 7.70. The Morgan fingerprint density at radius 2 is 1.02 bits per heavy atom. The smallest absolute Gasteiger partial charge is 0.408 e. The monoisotopic (exact) mass is 763 g/mol. The van der Waals surface area contributed by atoms with E-state index in [-0.39, 0.29) is 31.1 Å². The third-order valence-electron chi connectivity index (χ3n) is 7.70. The molecule has 7 N–H and O–H groups in total. The van der Waals surface area contributed by atoms with E-state index in [1.807, 2.05) is 0 Å². The van der Waals surface area contributed by atoms with Crippen LogP contribution in [0, 0.1) is 11.8 Å². The van der Waals surface area contributed by atoms with E-state index in [0.717, 1.165) is 7.11 Å². The SMILES string of the molecule is COC(=O)[C@H](CC(C)C)NC(=O)[C@@H](CCC(=O)O)NC(=O)[C@@H](CCC(=O)O)NC(=O)[C@H](CC(C)C)NC(=O)[C@H](Cc1ccccc1)NC(=O)OC(C)(C)C. The lowest BCUT2D eigenvalue weighted by Crippen LogP contribution is -2.59. The van der Waals surface area contributed by atoms with Gasteiger partial charge in [-0.3, -0.25) is 28.8 Å². The summed E-state index contributed by atoms with van der Waals surface area (Å²) in [7, 11) is 1.14. The summed E-state index contributed by atoms with van der Waals surface area (Å²) in [6.45, 7) is 12.2. The van der Waals surface area contributed by atoms with Gasteiger partial charge in [0.2, 0.25) is 23.6 Å². The lowest BCUT2D eigenvalue weighted by molar-refractivity contribution is -0.146. The number of hydrogen-bond donors (Lipinski definition) is 7. The van der Waals surface area contributed by atoms with E-state index in [9.17, 15) is 48.6 Å². The van der Waals surface area contributed by atoms with E-state index in [1.165, 1.54) is 0 Å². The fourth-order valence-electron chi connectivity index (χ4n) is 5.20. The molecule has 0 unspecified atom stereocenters. The molecule has 0 aliphatic carbocycles. The number of aliphatic carboxylic acids is 2. The van der Waals surface area contributed by atoms with Crippen molar-refractivity contribution in [2.45, 2.75) is 129 Å². The highest BCUT2D eigenvalue weighted by Gasteiger charge is 2.34. The van der Waals surface area contributed by atoms with Crippen molar-refractivity contribution in [2.24, 2.45) is 11.8 Å². The molecule has 0 bridgehead atoms. The zero-order valence-electron chi connectivity index (χ0n) is 32.4. The number of alkyl carbamates (subject to hydrolysis) is 1. The number of carboxylic acid groups (broad SMARTS) is 2. The van der Waals surface area contributed by atoms with Crippen LogP contribution in [0.3, 0.4) is 0 Å². The lowest BCUT2D eigenvalue weighted by Gasteiger charge is -2.28. The molecule has 0 fully saturated rings. The molecule has 0 aromatic heterocycles. The van der Waals surface area contributed by atoms with E-state index < -0.39 is 109 Å². The van der Waals surface area contributed by atoms with Crippen LogP contribution in [-0.4, -0.2) is 101 Å². The van der Waals surface area contributed by atoms with Crippen LogP contribution in [0.5, 0.6) is 0 Å². The van der Waals surface area contributed by atoms with Crippen LogP contribution in [0.15, 0.2) is 30.3 Å². The molecule has 1 aromatic carbocycles. The van der Waals surface area contributed by atoms with Gasteiger partial charge in [0.15, 0.2) is 0 Å². The van der Waals surface area contributed by atoms with E-state index in [4.69, 9.17) is 9.47 Å².